The molecule has 2 aromatic heterocycles. The number of aliphatic carboxylic acids is 1. The maximum Gasteiger partial charge on any atom is 0.425 e. The summed E-state index contributed by atoms with van der Waals surface area (Å²) in [6.45, 7) is 2.96. The van der Waals surface area contributed by atoms with Gasteiger partial charge in [-0.1, -0.05) is 50.2 Å². The Morgan fingerprint density at radius 1 is 1.00 bits per heavy atom. The van der Waals surface area contributed by atoms with Crippen LogP contribution in [0.2, 0.25) is 0 Å². The van der Waals surface area contributed by atoms with Crippen LogP contribution in [0.15, 0.2) is 67.0 Å². The Morgan fingerprint density at radius 2 is 1.60 bits per heavy atom. The lowest BCUT2D eigenvalue weighted by Crippen LogP contribution is -2.29. The number of carboxylic acids is 1. The quantitative estimate of drug-likeness (QED) is 0.412. The van der Waals surface area contributed by atoms with E-state index < -0.39 is 18.6 Å². The van der Waals surface area contributed by atoms with Gasteiger partial charge in [0.25, 0.3) is 5.88 Å². The van der Waals surface area contributed by atoms with Crippen LogP contribution < -0.4 is 15.0 Å². The molecule has 11 nitrogen and oxygen atoms in total. The standard InChI is InChI=1S/C24H22N6O5/c1-15(2)21(33)27-23-26-20-19(25-14-29(20)13-18(31)32)22(28-23)35-24(34)30(16-9-5-3-6-10-16)17-11-7-4-8-12-17/h3-12,14-15H,13H2,1-2H3,(H,31,32)(H,26,27,28,33). The van der Waals surface area contributed by atoms with E-state index in [1.807, 2.05) is 12.1 Å². The maximum atomic E-state index is 13.4. The molecule has 0 aliphatic rings. The molecule has 0 saturated carbocycles. The lowest BCUT2D eigenvalue weighted by atomic mass is 10.2. The van der Waals surface area contributed by atoms with E-state index in [0.717, 1.165) is 0 Å². The van der Waals surface area contributed by atoms with Crippen molar-refractivity contribution in [2.45, 2.75) is 20.4 Å². The molecule has 0 radical (unpaired) electrons. The van der Waals surface area contributed by atoms with Crippen molar-refractivity contribution in [3.05, 3.63) is 67.0 Å². The molecular weight excluding hydrogens is 452 g/mol. The summed E-state index contributed by atoms with van der Waals surface area (Å²) in [5.74, 6) is -2.21. The Labute approximate surface area is 200 Å². The lowest BCUT2D eigenvalue weighted by Gasteiger charge is -2.22. The summed E-state index contributed by atoms with van der Waals surface area (Å²) >= 11 is 0. The van der Waals surface area contributed by atoms with E-state index in [1.54, 1.807) is 62.4 Å². The smallest absolute Gasteiger partial charge is 0.425 e. The van der Waals surface area contributed by atoms with E-state index in [2.05, 4.69) is 20.3 Å². The number of aromatic nitrogens is 4. The summed E-state index contributed by atoms with van der Waals surface area (Å²) in [5.41, 5.74) is 1.27. The number of ether oxygens (including phenoxy) is 1. The number of rotatable bonds is 7. The van der Waals surface area contributed by atoms with Gasteiger partial charge in [-0.25, -0.2) is 14.7 Å². The van der Waals surface area contributed by atoms with Gasteiger partial charge in [0, 0.05) is 5.92 Å². The number of nitrogens with one attached hydrogen (secondary N) is 1. The molecule has 0 spiro atoms. The van der Waals surface area contributed by atoms with Gasteiger partial charge in [-0.3, -0.25) is 14.9 Å². The van der Waals surface area contributed by atoms with Crippen molar-refractivity contribution in [3.8, 4) is 5.88 Å². The van der Waals surface area contributed by atoms with Gasteiger partial charge in [-0.15, -0.1) is 0 Å². The molecule has 178 valence electrons. The average molecular weight is 474 g/mol. The zero-order valence-corrected chi connectivity index (χ0v) is 19.0. The predicted octanol–water partition coefficient (Wildman–Crippen LogP) is 3.84. The number of imidazole rings is 1. The molecule has 4 rings (SSSR count). The summed E-state index contributed by atoms with van der Waals surface area (Å²) in [6.07, 6.45) is 0.474. The van der Waals surface area contributed by atoms with Gasteiger partial charge < -0.3 is 14.4 Å². The topological polar surface area (TPSA) is 140 Å². The Kier molecular flexibility index (Phi) is 6.67. The number of anilines is 3. The number of nitrogens with zero attached hydrogens (tertiary/aromatic N) is 5. The predicted molar refractivity (Wildman–Crippen MR) is 127 cm³/mol. The van der Waals surface area contributed by atoms with Crippen LogP contribution >= 0.6 is 0 Å². The Hall–Kier alpha value is -4.80. The average Bonchev–Trinajstić information content (AvgIpc) is 3.23. The Balaban J connectivity index is 1.77. The second kappa shape index (κ2) is 10.00. The number of carbonyl (C=O) groups is 3. The molecule has 0 atom stereocenters. The summed E-state index contributed by atoms with van der Waals surface area (Å²) < 4.78 is 6.92. The van der Waals surface area contributed by atoms with Gasteiger partial charge in [0.2, 0.25) is 11.9 Å². The highest BCUT2D eigenvalue weighted by Gasteiger charge is 2.24. The largest absolute Gasteiger partial charge is 0.480 e. The van der Waals surface area contributed by atoms with Crippen molar-refractivity contribution in [2.75, 3.05) is 10.2 Å². The molecule has 11 heteroatoms. The fourth-order valence-electron chi connectivity index (χ4n) is 3.20. The first-order valence-corrected chi connectivity index (χ1v) is 10.7. The van der Waals surface area contributed by atoms with Gasteiger partial charge in [-0.2, -0.15) is 9.97 Å². The van der Waals surface area contributed by atoms with Crippen LogP contribution in [0.25, 0.3) is 11.2 Å². The minimum absolute atomic E-state index is 0.0724. The van der Waals surface area contributed by atoms with E-state index >= 15 is 0 Å². The highest BCUT2D eigenvalue weighted by atomic mass is 16.6. The summed E-state index contributed by atoms with van der Waals surface area (Å²) in [5, 5.41) is 11.8. The van der Waals surface area contributed by atoms with E-state index in [4.69, 9.17) is 4.74 Å². The van der Waals surface area contributed by atoms with Crippen molar-refractivity contribution in [1.82, 2.24) is 19.5 Å². The summed E-state index contributed by atoms with van der Waals surface area (Å²) in [6, 6.07) is 17.8. The van der Waals surface area contributed by atoms with Gasteiger partial charge >= 0.3 is 12.1 Å². The lowest BCUT2D eigenvalue weighted by molar-refractivity contribution is -0.137. The molecule has 2 amide bonds. The molecule has 0 aliphatic carbocycles. The minimum Gasteiger partial charge on any atom is -0.480 e. The van der Waals surface area contributed by atoms with E-state index in [0.29, 0.717) is 11.4 Å². The highest BCUT2D eigenvalue weighted by molar-refractivity contribution is 5.98. The van der Waals surface area contributed by atoms with Gasteiger partial charge in [0.05, 0.1) is 17.7 Å². The molecule has 2 heterocycles. The molecule has 0 bridgehead atoms. The number of hydrogen-bond donors (Lipinski definition) is 2. The third-order valence-corrected chi connectivity index (χ3v) is 4.89. The first-order valence-electron chi connectivity index (χ1n) is 10.7. The van der Waals surface area contributed by atoms with Crippen molar-refractivity contribution >= 4 is 46.5 Å². The maximum absolute atomic E-state index is 13.4. The Bertz CT molecular complexity index is 1330. The van der Waals surface area contributed by atoms with Crippen LogP contribution in [0.4, 0.5) is 22.1 Å². The highest BCUT2D eigenvalue weighted by Crippen LogP contribution is 2.29. The summed E-state index contributed by atoms with van der Waals surface area (Å²) in [4.78, 5) is 50.8. The molecule has 0 aliphatic heterocycles. The second-order valence-electron chi connectivity index (χ2n) is 7.81. The van der Waals surface area contributed by atoms with Gasteiger partial charge in [0.1, 0.15) is 6.54 Å². The number of fused-ring (bicyclic) bond motifs is 1. The normalized spacial score (nSPS) is 10.8. The van der Waals surface area contributed by atoms with Crippen LogP contribution in [-0.2, 0) is 16.1 Å². The number of carboxylic acid groups (broad SMARTS) is 1. The summed E-state index contributed by atoms with van der Waals surface area (Å²) in [7, 11) is 0. The zero-order chi connectivity index (χ0) is 24.9. The fourth-order valence-corrected chi connectivity index (χ4v) is 3.20. The van der Waals surface area contributed by atoms with Crippen LogP contribution in [-0.4, -0.2) is 42.6 Å². The van der Waals surface area contributed by atoms with Crippen molar-refractivity contribution in [1.29, 1.82) is 0 Å². The van der Waals surface area contributed by atoms with E-state index in [1.165, 1.54) is 15.8 Å². The zero-order valence-electron chi connectivity index (χ0n) is 19.0. The molecule has 2 N–H and O–H groups in total. The first-order chi connectivity index (χ1) is 16.8. The number of amides is 2. The van der Waals surface area contributed by atoms with Crippen molar-refractivity contribution in [2.24, 2.45) is 5.92 Å². The van der Waals surface area contributed by atoms with Crippen LogP contribution in [0.3, 0.4) is 0 Å². The molecule has 0 fully saturated rings. The third kappa shape index (κ3) is 5.24. The number of carbonyl (C=O) groups excluding carboxylic acids is 2. The molecule has 0 unspecified atom stereocenters. The molecule has 4 aromatic rings. The van der Waals surface area contributed by atoms with Crippen LogP contribution in [0, 0.1) is 5.92 Å². The first kappa shape index (κ1) is 23.4. The monoisotopic (exact) mass is 474 g/mol. The molecule has 2 aromatic carbocycles. The van der Waals surface area contributed by atoms with E-state index in [-0.39, 0.29) is 34.8 Å². The second-order valence-corrected chi connectivity index (χ2v) is 7.81. The Morgan fingerprint density at radius 3 is 2.14 bits per heavy atom. The number of hydrogen-bond acceptors (Lipinski definition) is 7. The minimum atomic E-state index is -1.12. The number of para-hydroxylation sites is 2. The van der Waals surface area contributed by atoms with Gasteiger partial charge in [-0.05, 0) is 24.3 Å². The fraction of sp³-hybridized carbons (Fsp3) is 0.167. The van der Waals surface area contributed by atoms with Crippen LogP contribution in [0.5, 0.6) is 5.88 Å². The van der Waals surface area contributed by atoms with Crippen molar-refractivity contribution < 1.29 is 24.2 Å². The van der Waals surface area contributed by atoms with Crippen LogP contribution in [0.1, 0.15) is 13.8 Å². The third-order valence-electron chi connectivity index (χ3n) is 4.89. The number of benzene rings is 2. The van der Waals surface area contributed by atoms with Gasteiger partial charge in [0.15, 0.2) is 11.2 Å². The molecular formula is C24H22N6O5. The molecule has 35 heavy (non-hydrogen) atoms. The SMILES string of the molecule is CC(C)C(=O)Nc1nc(OC(=O)N(c2ccccc2)c2ccccc2)c2ncn(CC(=O)O)c2n1. The van der Waals surface area contributed by atoms with Crippen molar-refractivity contribution in [3.63, 3.8) is 0 Å². The van der Waals surface area contributed by atoms with E-state index in [9.17, 15) is 19.5 Å². The molecule has 0 saturated heterocycles.